The summed E-state index contributed by atoms with van der Waals surface area (Å²) in [6.07, 6.45) is -4.48. The average Bonchev–Trinajstić information content (AvgIpc) is 2.89. The highest BCUT2D eigenvalue weighted by molar-refractivity contribution is 6.04. The fourth-order valence-corrected chi connectivity index (χ4v) is 3.87. The van der Waals surface area contributed by atoms with Crippen LogP contribution in [0.5, 0.6) is 11.5 Å². The lowest BCUT2D eigenvalue weighted by molar-refractivity contribution is -0.139. The molecule has 31 heavy (non-hydrogen) atoms. The fraction of sp³-hybridized carbons (Fsp3) is 0.364. The highest BCUT2D eigenvalue weighted by Gasteiger charge is 2.34. The average molecular weight is 433 g/mol. The third-order valence-corrected chi connectivity index (χ3v) is 5.38. The molecule has 2 aromatic rings. The van der Waals surface area contributed by atoms with Gasteiger partial charge in [-0.05, 0) is 37.3 Å². The Balaban J connectivity index is 1.72. The monoisotopic (exact) mass is 433 g/mol. The smallest absolute Gasteiger partial charge is 0.416 e. The minimum absolute atomic E-state index is 0.00948. The normalized spacial score (nSPS) is 18.5. The van der Waals surface area contributed by atoms with Crippen molar-refractivity contribution in [3.8, 4) is 11.5 Å². The number of piperazine rings is 1. The Labute approximate surface area is 177 Å². The molecule has 1 atom stereocenters. The van der Waals surface area contributed by atoms with E-state index in [9.17, 15) is 18.0 Å². The van der Waals surface area contributed by atoms with Crippen LogP contribution in [0.3, 0.4) is 0 Å². The van der Waals surface area contributed by atoms with Gasteiger partial charge in [0.05, 0.1) is 11.1 Å². The van der Waals surface area contributed by atoms with E-state index in [1.165, 1.54) is 13.2 Å². The predicted molar refractivity (Wildman–Crippen MR) is 109 cm³/mol. The molecule has 0 N–H and O–H groups in total. The van der Waals surface area contributed by atoms with E-state index in [1.54, 1.807) is 17.0 Å². The number of benzene rings is 2. The van der Waals surface area contributed by atoms with E-state index in [2.05, 4.69) is 4.99 Å². The van der Waals surface area contributed by atoms with Gasteiger partial charge in [-0.3, -0.25) is 4.79 Å². The Hall–Kier alpha value is -3.07. The van der Waals surface area contributed by atoms with E-state index in [1.807, 2.05) is 24.0 Å². The van der Waals surface area contributed by atoms with E-state index >= 15 is 0 Å². The zero-order chi connectivity index (χ0) is 22.2. The number of methoxy groups -OCH3 is 1. The molecule has 1 saturated heterocycles. The first-order valence-electron chi connectivity index (χ1n) is 9.88. The molecule has 2 aliphatic heterocycles. The maximum atomic E-state index is 13.3. The number of alkyl halides is 3. The number of carbonyl (C=O) groups is 1. The van der Waals surface area contributed by atoms with Crippen LogP contribution in [0, 0.1) is 0 Å². The molecule has 2 aliphatic rings. The number of halogens is 3. The van der Waals surface area contributed by atoms with Crippen molar-refractivity contribution in [1.82, 2.24) is 9.80 Å². The maximum Gasteiger partial charge on any atom is 0.416 e. The maximum absolute atomic E-state index is 13.3. The summed E-state index contributed by atoms with van der Waals surface area (Å²) in [7, 11) is 1.47. The number of fused-ring (bicyclic) bond motifs is 2. The van der Waals surface area contributed by atoms with Gasteiger partial charge in [-0.25, -0.2) is 4.99 Å². The number of amidine groups is 1. The lowest BCUT2D eigenvalue weighted by Crippen LogP contribution is -2.56. The van der Waals surface area contributed by atoms with Crippen molar-refractivity contribution in [1.29, 1.82) is 0 Å². The third kappa shape index (κ3) is 4.23. The number of aliphatic imine (C=N–C) groups is 1. The lowest BCUT2D eigenvalue weighted by atomic mass is 10.1. The standard InChI is InChI=1S/C22H22F3N3O3/c1-14-12-27(9-10-28(14)20(29)13-30-2)21-16-5-3-4-6-18(16)31-19-8-7-15(22(23,24)25)11-17(19)26-21/h3-8,11,14H,9-10,12-13H2,1-2H3/t14-/m0/s1. The first-order chi connectivity index (χ1) is 14.8. The Morgan fingerprint density at radius 2 is 1.97 bits per heavy atom. The number of para-hydroxylation sites is 1. The minimum Gasteiger partial charge on any atom is -0.454 e. The van der Waals surface area contributed by atoms with Crippen LogP contribution >= 0.6 is 0 Å². The van der Waals surface area contributed by atoms with Crippen molar-refractivity contribution in [2.24, 2.45) is 4.99 Å². The van der Waals surface area contributed by atoms with Crippen molar-refractivity contribution in [3.05, 3.63) is 53.6 Å². The van der Waals surface area contributed by atoms with E-state index in [0.717, 1.165) is 12.1 Å². The molecule has 1 amide bonds. The first-order valence-corrected chi connectivity index (χ1v) is 9.88. The van der Waals surface area contributed by atoms with Crippen LogP contribution in [0.1, 0.15) is 18.1 Å². The van der Waals surface area contributed by atoms with Crippen LogP contribution in [0.25, 0.3) is 0 Å². The molecule has 2 aromatic carbocycles. The van der Waals surface area contributed by atoms with E-state index < -0.39 is 11.7 Å². The number of hydrogen-bond donors (Lipinski definition) is 0. The molecule has 4 rings (SSSR count). The lowest BCUT2D eigenvalue weighted by Gasteiger charge is -2.41. The van der Waals surface area contributed by atoms with Crippen molar-refractivity contribution in [2.45, 2.75) is 19.1 Å². The van der Waals surface area contributed by atoms with Gasteiger partial charge >= 0.3 is 6.18 Å². The van der Waals surface area contributed by atoms with Gasteiger partial charge in [0.1, 0.15) is 23.9 Å². The minimum atomic E-state index is -4.48. The number of nitrogens with zero attached hydrogens (tertiary/aromatic N) is 3. The molecule has 164 valence electrons. The quantitative estimate of drug-likeness (QED) is 0.717. The molecule has 0 aromatic heterocycles. The number of ether oxygens (including phenoxy) is 2. The molecule has 0 spiro atoms. The van der Waals surface area contributed by atoms with Crippen LogP contribution in [-0.4, -0.2) is 60.9 Å². The van der Waals surface area contributed by atoms with Crippen LogP contribution in [0.15, 0.2) is 47.5 Å². The fourth-order valence-electron chi connectivity index (χ4n) is 3.87. The number of amides is 1. The van der Waals surface area contributed by atoms with Gasteiger partial charge < -0.3 is 19.3 Å². The molecule has 0 radical (unpaired) electrons. The molecule has 0 saturated carbocycles. The highest BCUT2D eigenvalue weighted by atomic mass is 19.4. The second-order valence-electron chi connectivity index (χ2n) is 7.53. The number of carbonyl (C=O) groups excluding carboxylic acids is 1. The van der Waals surface area contributed by atoms with Gasteiger partial charge in [0.2, 0.25) is 5.91 Å². The van der Waals surface area contributed by atoms with Crippen molar-refractivity contribution in [3.63, 3.8) is 0 Å². The molecule has 1 fully saturated rings. The summed E-state index contributed by atoms with van der Waals surface area (Å²) in [4.78, 5) is 20.6. The zero-order valence-corrected chi connectivity index (χ0v) is 17.1. The summed E-state index contributed by atoms with van der Waals surface area (Å²) < 4.78 is 50.7. The molecule has 9 heteroatoms. The number of hydrogen-bond acceptors (Lipinski definition) is 5. The summed E-state index contributed by atoms with van der Waals surface area (Å²) in [5, 5.41) is 0. The van der Waals surface area contributed by atoms with Gasteiger partial charge in [0.15, 0.2) is 5.75 Å². The second kappa shape index (κ2) is 8.22. The largest absolute Gasteiger partial charge is 0.454 e. The van der Waals surface area contributed by atoms with E-state index in [4.69, 9.17) is 9.47 Å². The molecular weight excluding hydrogens is 411 g/mol. The van der Waals surface area contributed by atoms with Gasteiger partial charge in [-0.2, -0.15) is 13.2 Å². The highest BCUT2D eigenvalue weighted by Crippen LogP contribution is 2.41. The Kier molecular flexibility index (Phi) is 5.62. The van der Waals surface area contributed by atoms with Crippen molar-refractivity contribution >= 4 is 17.4 Å². The van der Waals surface area contributed by atoms with Crippen molar-refractivity contribution < 1.29 is 27.4 Å². The molecular formula is C22H22F3N3O3. The van der Waals surface area contributed by atoms with E-state index in [-0.39, 0.29) is 30.0 Å². The van der Waals surface area contributed by atoms with Gasteiger partial charge in [-0.1, -0.05) is 12.1 Å². The molecule has 0 bridgehead atoms. The SMILES string of the molecule is COCC(=O)N1CCN(C2=Nc3cc(C(F)(F)F)ccc3Oc3ccccc32)C[C@@H]1C. The molecule has 2 heterocycles. The predicted octanol–water partition coefficient (Wildman–Crippen LogP) is 4.07. The third-order valence-electron chi connectivity index (χ3n) is 5.38. The van der Waals surface area contributed by atoms with E-state index in [0.29, 0.717) is 36.8 Å². The Bertz CT molecular complexity index is 1020. The topological polar surface area (TPSA) is 54.4 Å². The molecule has 0 unspecified atom stereocenters. The van der Waals surface area contributed by atoms with Crippen LogP contribution in [-0.2, 0) is 15.7 Å². The summed E-state index contributed by atoms with van der Waals surface area (Å²) in [6, 6.07) is 10.4. The van der Waals surface area contributed by atoms with Crippen LogP contribution in [0.2, 0.25) is 0 Å². The number of rotatable bonds is 2. The van der Waals surface area contributed by atoms with Gasteiger partial charge in [0.25, 0.3) is 0 Å². The summed E-state index contributed by atoms with van der Waals surface area (Å²) in [6.45, 7) is 3.36. The van der Waals surface area contributed by atoms with Crippen molar-refractivity contribution in [2.75, 3.05) is 33.4 Å². The zero-order valence-electron chi connectivity index (χ0n) is 17.1. The molecule has 0 aliphatic carbocycles. The second-order valence-corrected chi connectivity index (χ2v) is 7.53. The van der Waals surface area contributed by atoms with Crippen LogP contribution < -0.4 is 4.74 Å². The molecule has 6 nitrogen and oxygen atoms in total. The van der Waals surface area contributed by atoms with Gasteiger partial charge in [0, 0.05) is 32.8 Å². The summed E-state index contributed by atoms with van der Waals surface area (Å²) >= 11 is 0. The first kappa shape index (κ1) is 21.2. The van der Waals surface area contributed by atoms with Gasteiger partial charge in [-0.15, -0.1) is 0 Å². The summed E-state index contributed by atoms with van der Waals surface area (Å²) in [5.74, 6) is 1.21. The Morgan fingerprint density at radius 3 is 2.68 bits per heavy atom. The summed E-state index contributed by atoms with van der Waals surface area (Å²) in [5.41, 5.74) is 0.0231. The van der Waals surface area contributed by atoms with Crippen LogP contribution in [0.4, 0.5) is 18.9 Å². The Morgan fingerprint density at radius 1 is 1.19 bits per heavy atom.